The molecule has 3 saturated carbocycles. The Morgan fingerprint density at radius 2 is 1.74 bits per heavy atom. The van der Waals surface area contributed by atoms with Crippen molar-refractivity contribution in [3.8, 4) is 0 Å². The maximum atomic E-state index is 15.5. The third-order valence-corrected chi connectivity index (χ3v) is 12.3. The molecule has 0 aromatic carbocycles. The minimum absolute atomic E-state index is 0.0542. The number of aliphatic hydroxyl groups is 1. The first-order valence-corrected chi connectivity index (χ1v) is 16.2. The molecule has 4 aliphatic carbocycles. The van der Waals surface area contributed by atoms with Crippen LogP contribution in [-0.2, 0) is 42.9 Å². The van der Waals surface area contributed by atoms with Crippen LogP contribution in [0.15, 0.2) is 34.2 Å². The number of furan rings is 1. The molecule has 4 fully saturated rings. The highest BCUT2D eigenvalue weighted by Gasteiger charge is 2.92. The van der Waals surface area contributed by atoms with E-state index in [2.05, 4.69) is 0 Å². The summed E-state index contributed by atoms with van der Waals surface area (Å²) in [6, 6.07) is 1.72. The van der Waals surface area contributed by atoms with Gasteiger partial charge in [0.15, 0.2) is 6.10 Å². The Bertz CT molecular complexity index is 1540. The first-order chi connectivity index (χ1) is 21.4. The van der Waals surface area contributed by atoms with Crippen LogP contribution in [0.4, 0.5) is 0 Å². The lowest BCUT2D eigenvalue weighted by Crippen LogP contribution is -2.80. The monoisotopic (exact) mass is 640 g/mol. The molecule has 0 radical (unpaired) electrons. The van der Waals surface area contributed by atoms with Crippen molar-refractivity contribution >= 4 is 29.7 Å². The molecule has 1 saturated heterocycles. The predicted molar refractivity (Wildman–Crippen MR) is 159 cm³/mol. The molecule has 9 atom stereocenters. The van der Waals surface area contributed by atoms with Crippen molar-refractivity contribution in [2.45, 2.75) is 104 Å². The van der Waals surface area contributed by atoms with Crippen molar-refractivity contribution in [3.63, 3.8) is 0 Å². The van der Waals surface area contributed by atoms with E-state index >= 15 is 4.79 Å². The van der Waals surface area contributed by atoms with Gasteiger partial charge in [-0.15, -0.1) is 0 Å². The molecule has 2 heterocycles. The van der Waals surface area contributed by atoms with Gasteiger partial charge in [0.05, 0.1) is 37.9 Å². The van der Waals surface area contributed by atoms with Crippen molar-refractivity contribution in [2.75, 3.05) is 7.11 Å². The topological polar surface area (TPSA) is 156 Å². The van der Waals surface area contributed by atoms with Crippen molar-refractivity contribution < 1.29 is 52.4 Å². The van der Waals surface area contributed by atoms with Gasteiger partial charge in [0.2, 0.25) is 11.4 Å². The average molecular weight is 641 g/mol. The van der Waals surface area contributed by atoms with E-state index < -0.39 is 93.0 Å². The average Bonchev–Trinajstić information content (AvgIpc) is 3.63. The summed E-state index contributed by atoms with van der Waals surface area (Å²) in [5.74, 6) is -5.61. The van der Waals surface area contributed by atoms with Gasteiger partial charge in [-0.1, -0.05) is 48.5 Å². The van der Waals surface area contributed by atoms with Crippen LogP contribution in [0.5, 0.6) is 0 Å². The fourth-order valence-corrected chi connectivity index (χ4v) is 10.0. The third kappa shape index (κ3) is 3.83. The number of ketones is 1. The molecule has 0 unspecified atom stereocenters. The standard InChI is InChI=1S/C35H44O11/c1-17(2)28(39)45-30-32(6)16-34(41)33(7,22(32)14-23(36)42-8)20-9-11-31(5)21(13-24(37)44-27(31)19-10-12-43-15-19)25(20)26(38)35(30,34)46-29(40)18(3)4/h10,12,15,17-18,20,22,27,30,41H,9,11,13-14,16H2,1-8H3/t20-,22-,27-,30-,31+,32-,33+,34+,35+/m0/s1. The van der Waals surface area contributed by atoms with E-state index in [1.54, 1.807) is 40.7 Å². The van der Waals surface area contributed by atoms with Crippen LogP contribution in [0, 0.1) is 39.9 Å². The Kier molecular flexibility index (Phi) is 7.24. The summed E-state index contributed by atoms with van der Waals surface area (Å²) in [5.41, 5.74) is -6.07. The molecular formula is C35H44O11. The van der Waals surface area contributed by atoms with E-state index in [1.165, 1.54) is 19.6 Å². The molecule has 6 rings (SSSR count). The Hall–Kier alpha value is -3.47. The summed E-state index contributed by atoms with van der Waals surface area (Å²) < 4.78 is 28.8. The highest BCUT2D eigenvalue weighted by Crippen LogP contribution is 2.80. The van der Waals surface area contributed by atoms with Crippen molar-refractivity contribution in [3.05, 3.63) is 35.3 Å². The van der Waals surface area contributed by atoms with Crippen molar-refractivity contribution in [1.29, 1.82) is 0 Å². The maximum Gasteiger partial charge on any atom is 0.310 e. The second kappa shape index (κ2) is 10.3. The van der Waals surface area contributed by atoms with Crippen LogP contribution >= 0.6 is 0 Å². The zero-order valence-corrected chi connectivity index (χ0v) is 27.8. The highest BCUT2D eigenvalue weighted by molar-refractivity contribution is 6.09. The second-order valence-electron chi connectivity index (χ2n) is 15.3. The lowest BCUT2D eigenvalue weighted by atomic mass is 9.41. The zero-order valence-electron chi connectivity index (χ0n) is 27.8. The molecule has 11 heteroatoms. The Morgan fingerprint density at radius 1 is 1.07 bits per heavy atom. The Morgan fingerprint density at radius 3 is 2.33 bits per heavy atom. The van der Waals surface area contributed by atoms with Gasteiger partial charge in [-0.2, -0.15) is 0 Å². The second-order valence-corrected chi connectivity index (χ2v) is 15.3. The quantitative estimate of drug-likeness (QED) is 0.333. The minimum atomic E-state index is -2.32. The van der Waals surface area contributed by atoms with Gasteiger partial charge in [0, 0.05) is 33.8 Å². The summed E-state index contributed by atoms with van der Waals surface area (Å²) in [5, 5.41) is 13.2. The van der Waals surface area contributed by atoms with Crippen LogP contribution in [0.1, 0.15) is 92.2 Å². The van der Waals surface area contributed by atoms with Crippen molar-refractivity contribution in [2.24, 2.45) is 39.9 Å². The summed E-state index contributed by atoms with van der Waals surface area (Å²) in [7, 11) is 1.29. The molecule has 46 heavy (non-hydrogen) atoms. The number of hydrogen-bond acceptors (Lipinski definition) is 11. The first kappa shape index (κ1) is 32.5. The molecule has 5 aliphatic rings. The summed E-state index contributed by atoms with van der Waals surface area (Å²) in [4.78, 5) is 68.8. The van der Waals surface area contributed by atoms with Crippen LogP contribution in [0.2, 0.25) is 0 Å². The first-order valence-electron chi connectivity index (χ1n) is 16.2. The Balaban J connectivity index is 1.67. The highest BCUT2D eigenvalue weighted by atomic mass is 16.6. The molecule has 250 valence electrons. The maximum absolute atomic E-state index is 15.5. The number of hydrogen-bond donors (Lipinski definition) is 1. The minimum Gasteiger partial charge on any atom is -0.472 e. The number of cyclic esters (lactones) is 1. The summed E-state index contributed by atoms with van der Waals surface area (Å²) in [6.07, 6.45) is 1.41. The number of carbonyl (C=O) groups is 5. The molecular weight excluding hydrogens is 596 g/mol. The zero-order chi connectivity index (χ0) is 33.8. The fraction of sp³-hybridized carbons (Fsp3) is 0.686. The Labute approximate surface area is 268 Å². The number of ether oxygens (including phenoxy) is 4. The number of fused-ring (bicyclic) bond motifs is 4. The molecule has 11 nitrogen and oxygen atoms in total. The largest absolute Gasteiger partial charge is 0.472 e. The van der Waals surface area contributed by atoms with Gasteiger partial charge in [-0.3, -0.25) is 24.0 Å². The van der Waals surface area contributed by atoms with Crippen LogP contribution in [-0.4, -0.2) is 59.2 Å². The van der Waals surface area contributed by atoms with Gasteiger partial charge in [-0.05, 0) is 42.7 Å². The van der Waals surface area contributed by atoms with E-state index in [0.717, 1.165) is 0 Å². The molecule has 2 bridgehead atoms. The van der Waals surface area contributed by atoms with Crippen LogP contribution in [0.25, 0.3) is 0 Å². The van der Waals surface area contributed by atoms with E-state index in [0.29, 0.717) is 24.0 Å². The molecule has 1 N–H and O–H groups in total. The smallest absolute Gasteiger partial charge is 0.310 e. The van der Waals surface area contributed by atoms with Crippen LogP contribution in [0.3, 0.4) is 0 Å². The SMILES string of the molecule is COC(=O)C[C@H]1[C@]2(C)C[C@@]3(O)[C@]1(C)[C@H]1CC[C@]4(C)C(=C1C(=O)[C@@]3(OC(=O)C(C)C)[C@H]2OC(=O)C(C)C)CC(=O)O[C@H]4c1ccoc1. The number of carbonyl (C=O) groups excluding carboxylic acids is 5. The molecule has 1 aromatic heterocycles. The molecule has 0 amide bonds. The van der Waals surface area contributed by atoms with Gasteiger partial charge in [0.1, 0.15) is 11.7 Å². The third-order valence-electron chi connectivity index (χ3n) is 12.3. The molecule has 1 aromatic rings. The van der Waals surface area contributed by atoms with Gasteiger partial charge in [-0.25, -0.2) is 0 Å². The number of esters is 4. The van der Waals surface area contributed by atoms with Crippen molar-refractivity contribution in [1.82, 2.24) is 0 Å². The summed E-state index contributed by atoms with van der Waals surface area (Å²) >= 11 is 0. The normalized spacial score (nSPS) is 40.8. The van der Waals surface area contributed by atoms with Gasteiger partial charge < -0.3 is 28.5 Å². The van der Waals surface area contributed by atoms with E-state index in [9.17, 15) is 24.3 Å². The molecule has 0 spiro atoms. The summed E-state index contributed by atoms with van der Waals surface area (Å²) in [6.45, 7) is 12.1. The lowest BCUT2D eigenvalue weighted by molar-refractivity contribution is -0.281. The van der Waals surface area contributed by atoms with Crippen LogP contribution < -0.4 is 0 Å². The van der Waals surface area contributed by atoms with E-state index in [4.69, 9.17) is 23.4 Å². The molecule has 1 aliphatic heterocycles. The predicted octanol–water partition coefficient (Wildman–Crippen LogP) is 4.41. The lowest BCUT2D eigenvalue weighted by Gasteiger charge is -2.66. The van der Waals surface area contributed by atoms with Gasteiger partial charge >= 0.3 is 23.9 Å². The van der Waals surface area contributed by atoms with E-state index in [-0.39, 0.29) is 24.8 Å². The van der Waals surface area contributed by atoms with E-state index in [1.807, 2.05) is 13.8 Å². The fourth-order valence-electron chi connectivity index (χ4n) is 10.0. The number of methoxy groups -OCH3 is 1. The van der Waals surface area contributed by atoms with Gasteiger partial charge in [0.25, 0.3) is 0 Å². The number of rotatable bonds is 7. The number of Topliss-reactive ketones (excluding diaryl/α,β-unsaturated/α-hetero) is 1.